The lowest BCUT2D eigenvalue weighted by Crippen LogP contribution is -2.14. The SMILES string of the molecule is CCCNCc1ccc(NCCOC)nc1. The first kappa shape index (κ1) is 12.9. The molecule has 0 unspecified atom stereocenters. The Morgan fingerprint density at radius 2 is 2.19 bits per heavy atom. The molecule has 0 saturated heterocycles. The van der Waals surface area contributed by atoms with Crippen molar-refractivity contribution in [1.82, 2.24) is 10.3 Å². The molecule has 16 heavy (non-hydrogen) atoms. The number of rotatable bonds is 8. The lowest BCUT2D eigenvalue weighted by atomic mass is 10.3. The highest BCUT2D eigenvalue weighted by Crippen LogP contribution is 2.04. The monoisotopic (exact) mass is 223 g/mol. The first-order valence-corrected chi connectivity index (χ1v) is 5.75. The number of hydrogen-bond donors (Lipinski definition) is 2. The molecule has 0 bridgehead atoms. The average molecular weight is 223 g/mol. The van der Waals surface area contributed by atoms with E-state index in [1.54, 1.807) is 7.11 Å². The van der Waals surface area contributed by atoms with Crippen molar-refractivity contribution in [1.29, 1.82) is 0 Å². The molecule has 0 radical (unpaired) electrons. The highest BCUT2D eigenvalue weighted by Gasteiger charge is 1.95. The van der Waals surface area contributed by atoms with Crippen LogP contribution in [0.25, 0.3) is 0 Å². The van der Waals surface area contributed by atoms with E-state index in [-0.39, 0.29) is 0 Å². The normalized spacial score (nSPS) is 10.4. The molecule has 0 aromatic carbocycles. The molecule has 1 aromatic heterocycles. The Bertz CT molecular complexity index is 245. The van der Waals surface area contributed by atoms with E-state index < -0.39 is 0 Å². The Morgan fingerprint density at radius 1 is 1.31 bits per heavy atom. The average Bonchev–Trinajstić information content (AvgIpc) is 2.32. The van der Waals surface area contributed by atoms with Crippen molar-refractivity contribution in [3.8, 4) is 0 Å². The first-order chi connectivity index (χ1) is 7.86. The number of nitrogens with one attached hydrogen (secondary N) is 2. The maximum absolute atomic E-state index is 4.95. The summed E-state index contributed by atoms with van der Waals surface area (Å²) >= 11 is 0. The van der Waals surface area contributed by atoms with Crippen LogP contribution in [0.1, 0.15) is 18.9 Å². The zero-order chi connectivity index (χ0) is 11.6. The maximum Gasteiger partial charge on any atom is 0.125 e. The second-order valence-electron chi connectivity index (χ2n) is 3.65. The molecule has 1 heterocycles. The summed E-state index contributed by atoms with van der Waals surface area (Å²) in [6, 6.07) is 4.09. The Balaban J connectivity index is 2.30. The molecule has 2 N–H and O–H groups in total. The van der Waals surface area contributed by atoms with Gasteiger partial charge in [-0.1, -0.05) is 13.0 Å². The molecule has 1 aromatic rings. The molecule has 0 aliphatic rings. The highest BCUT2D eigenvalue weighted by atomic mass is 16.5. The van der Waals surface area contributed by atoms with Gasteiger partial charge in [0, 0.05) is 26.4 Å². The molecular formula is C12H21N3O. The van der Waals surface area contributed by atoms with Gasteiger partial charge in [-0.3, -0.25) is 0 Å². The van der Waals surface area contributed by atoms with Gasteiger partial charge in [0.05, 0.1) is 6.61 Å². The fourth-order valence-corrected chi connectivity index (χ4v) is 1.32. The van der Waals surface area contributed by atoms with E-state index in [1.807, 2.05) is 12.3 Å². The minimum Gasteiger partial charge on any atom is -0.383 e. The Kier molecular flexibility index (Phi) is 6.53. The van der Waals surface area contributed by atoms with Crippen LogP contribution in [0.5, 0.6) is 0 Å². The quantitative estimate of drug-likeness (QED) is 0.658. The van der Waals surface area contributed by atoms with Gasteiger partial charge in [-0.25, -0.2) is 4.98 Å². The van der Waals surface area contributed by atoms with E-state index in [4.69, 9.17) is 4.74 Å². The topological polar surface area (TPSA) is 46.2 Å². The zero-order valence-corrected chi connectivity index (χ0v) is 10.1. The fourth-order valence-electron chi connectivity index (χ4n) is 1.32. The van der Waals surface area contributed by atoms with Crippen LogP contribution >= 0.6 is 0 Å². The van der Waals surface area contributed by atoms with Gasteiger partial charge in [0.25, 0.3) is 0 Å². The summed E-state index contributed by atoms with van der Waals surface area (Å²) in [5.74, 6) is 0.899. The third-order valence-electron chi connectivity index (χ3n) is 2.19. The van der Waals surface area contributed by atoms with Crippen molar-refractivity contribution >= 4 is 5.82 Å². The molecule has 0 aliphatic carbocycles. The minimum absolute atomic E-state index is 0.696. The summed E-state index contributed by atoms with van der Waals surface area (Å²) < 4.78 is 4.95. The molecule has 4 nitrogen and oxygen atoms in total. The third-order valence-corrected chi connectivity index (χ3v) is 2.19. The minimum atomic E-state index is 0.696. The maximum atomic E-state index is 4.95. The van der Waals surface area contributed by atoms with Crippen LogP contribution in [0.4, 0.5) is 5.82 Å². The number of ether oxygens (including phenoxy) is 1. The Morgan fingerprint density at radius 3 is 2.81 bits per heavy atom. The number of nitrogens with zero attached hydrogens (tertiary/aromatic N) is 1. The van der Waals surface area contributed by atoms with Gasteiger partial charge >= 0.3 is 0 Å². The van der Waals surface area contributed by atoms with Crippen LogP contribution in [-0.2, 0) is 11.3 Å². The third kappa shape index (κ3) is 5.09. The summed E-state index contributed by atoms with van der Waals surface area (Å²) in [6.07, 6.45) is 3.06. The first-order valence-electron chi connectivity index (χ1n) is 5.75. The van der Waals surface area contributed by atoms with Crippen LogP contribution in [0, 0.1) is 0 Å². The van der Waals surface area contributed by atoms with Crippen LogP contribution in [-0.4, -0.2) is 31.8 Å². The number of pyridine rings is 1. The Labute approximate surface area is 97.4 Å². The van der Waals surface area contributed by atoms with Crippen LogP contribution in [0.2, 0.25) is 0 Å². The van der Waals surface area contributed by atoms with Gasteiger partial charge in [0.15, 0.2) is 0 Å². The van der Waals surface area contributed by atoms with E-state index in [2.05, 4.69) is 28.6 Å². The van der Waals surface area contributed by atoms with Crippen LogP contribution < -0.4 is 10.6 Å². The smallest absolute Gasteiger partial charge is 0.125 e. The number of methoxy groups -OCH3 is 1. The number of anilines is 1. The molecular weight excluding hydrogens is 202 g/mol. The Hall–Kier alpha value is -1.13. The standard InChI is InChI=1S/C12H21N3O/c1-3-6-13-9-11-4-5-12(15-10-11)14-7-8-16-2/h4-5,10,13H,3,6-9H2,1-2H3,(H,14,15). The predicted molar refractivity (Wildman–Crippen MR) is 66.6 cm³/mol. The van der Waals surface area contributed by atoms with Gasteiger partial charge in [-0.2, -0.15) is 0 Å². The van der Waals surface area contributed by atoms with Gasteiger partial charge < -0.3 is 15.4 Å². The number of hydrogen-bond acceptors (Lipinski definition) is 4. The van der Waals surface area contributed by atoms with E-state index in [0.717, 1.165) is 31.9 Å². The van der Waals surface area contributed by atoms with Crippen molar-refractivity contribution in [2.75, 3.05) is 32.1 Å². The highest BCUT2D eigenvalue weighted by molar-refractivity contribution is 5.35. The molecule has 0 amide bonds. The van der Waals surface area contributed by atoms with Gasteiger partial charge in [-0.15, -0.1) is 0 Å². The lowest BCUT2D eigenvalue weighted by Gasteiger charge is -2.06. The van der Waals surface area contributed by atoms with Gasteiger partial charge in [0.1, 0.15) is 5.82 Å². The number of aromatic nitrogens is 1. The van der Waals surface area contributed by atoms with Crippen molar-refractivity contribution in [2.24, 2.45) is 0 Å². The van der Waals surface area contributed by atoms with Crippen molar-refractivity contribution in [2.45, 2.75) is 19.9 Å². The molecule has 0 saturated carbocycles. The molecule has 0 spiro atoms. The van der Waals surface area contributed by atoms with E-state index in [0.29, 0.717) is 6.61 Å². The molecule has 4 heteroatoms. The largest absolute Gasteiger partial charge is 0.383 e. The summed E-state index contributed by atoms with van der Waals surface area (Å²) in [4.78, 5) is 4.32. The van der Waals surface area contributed by atoms with E-state index in [1.165, 1.54) is 5.56 Å². The molecule has 0 atom stereocenters. The van der Waals surface area contributed by atoms with E-state index in [9.17, 15) is 0 Å². The molecule has 90 valence electrons. The van der Waals surface area contributed by atoms with Crippen LogP contribution in [0.15, 0.2) is 18.3 Å². The second-order valence-corrected chi connectivity index (χ2v) is 3.65. The summed E-state index contributed by atoms with van der Waals surface area (Å²) in [6.45, 7) is 5.58. The molecule has 1 rings (SSSR count). The van der Waals surface area contributed by atoms with Gasteiger partial charge in [-0.05, 0) is 24.6 Å². The van der Waals surface area contributed by atoms with Crippen LogP contribution in [0.3, 0.4) is 0 Å². The zero-order valence-electron chi connectivity index (χ0n) is 10.1. The fraction of sp³-hybridized carbons (Fsp3) is 0.583. The van der Waals surface area contributed by atoms with Crippen molar-refractivity contribution in [3.05, 3.63) is 23.9 Å². The van der Waals surface area contributed by atoms with E-state index >= 15 is 0 Å². The van der Waals surface area contributed by atoms with Crippen molar-refractivity contribution in [3.63, 3.8) is 0 Å². The predicted octanol–water partition coefficient (Wildman–Crippen LogP) is 1.64. The lowest BCUT2D eigenvalue weighted by molar-refractivity contribution is 0.210. The molecule has 0 aliphatic heterocycles. The second kappa shape index (κ2) is 8.07. The summed E-state index contributed by atoms with van der Waals surface area (Å²) in [5.41, 5.74) is 1.21. The van der Waals surface area contributed by atoms with Gasteiger partial charge in [0.2, 0.25) is 0 Å². The molecule has 0 fully saturated rings. The van der Waals surface area contributed by atoms with Crippen molar-refractivity contribution < 1.29 is 4.74 Å². The summed E-state index contributed by atoms with van der Waals surface area (Å²) in [5, 5.41) is 6.53. The summed E-state index contributed by atoms with van der Waals surface area (Å²) in [7, 11) is 1.69.